The molecule has 1 aliphatic rings. The van der Waals surface area contributed by atoms with Crippen LogP contribution in [0.25, 0.3) is 0 Å². The van der Waals surface area contributed by atoms with E-state index in [1.165, 1.54) is 6.20 Å². The lowest BCUT2D eigenvalue weighted by molar-refractivity contribution is -0.00476. The lowest BCUT2D eigenvalue weighted by Crippen LogP contribution is -2.47. The molecule has 1 saturated carbocycles. The Balaban J connectivity index is 2.03. The minimum absolute atomic E-state index is 0.0392. The van der Waals surface area contributed by atoms with E-state index in [1.54, 1.807) is 19.2 Å². The van der Waals surface area contributed by atoms with Crippen LogP contribution >= 0.6 is 0 Å². The minimum atomic E-state index is -3.58. The van der Waals surface area contributed by atoms with Gasteiger partial charge in [0.2, 0.25) is 0 Å². The molecule has 0 aliphatic heterocycles. The van der Waals surface area contributed by atoms with Gasteiger partial charge in [-0.25, -0.2) is 18.1 Å². The van der Waals surface area contributed by atoms with Crippen LogP contribution in [0.3, 0.4) is 0 Å². The largest absolute Gasteiger partial charge is 0.386 e. The van der Waals surface area contributed by atoms with Gasteiger partial charge in [-0.3, -0.25) is 0 Å². The van der Waals surface area contributed by atoms with Crippen LogP contribution in [0.1, 0.15) is 19.8 Å². The van der Waals surface area contributed by atoms with Crippen molar-refractivity contribution in [3.05, 3.63) is 18.3 Å². The van der Waals surface area contributed by atoms with Crippen molar-refractivity contribution >= 4 is 15.7 Å². The normalized spacial score (nSPS) is 22.8. The first kappa shape index (κ1) is 14.2. The highest BCUT2D eigenvalue weighted by molar-refractivity contribution is 7.89. The fourth-order valence-electron chi connectivity index (χ4n) is 2.10. The molecule has 0 unspecified atom stereocenters. The predicted octanol–water partition coefficient (Wildman–Crippen LogP) is 0.969. The zero-order valence-corrected chi connectivity index (χ0v) is 11.9. The first-order valence-corrected chi connectivity index (χ1v) is 7.82. The summed E-state index contributed by atoms with van der Waals surface area (Å²) in [4.78, 5) is 3.94. The summed E-state index contributed by atoms with van der Waals surface area (Å²) in [6.45, 7) is 2.60. The number of sulfonamides is 1. The van der Waals surface area contributed by atoms with E-state index < -0.39 is 10.0 Å². The summed E-state index contributed by atoms with van der Waals surface area (Å²) >= 11 is 0. The maximum Gasteiger partial charge on any atom is 0.260 e. The quantitative estimate of drug-likeness (QED) is 0.814. The molecule has 2 rings (SSSR count). The van der Waals surface area contributed by atoms with Crippen LogP contribution in [-0.2, 0) is 14.8 Å². The van der Waals surface area contributed by atoms with Gasteiger partial charge in [0, 0.05) is 25.9 Å². The van der Waals surface area contributed by atoms with Gasteiger partial charge in [-0.15, -0.1) is 0 Å². The second-order valence-electron chi connectivity index (χ2n) is 4.47. The topological polar surface area (TPSA) is 80.3 Å². The van der Waals surface area contributed by atoms with E-state index in [4.69, 9.17) is 4.74 Å². The van der Waals surface area contributed by atoms with Crippen LogP contribution in [0.5, 0.6) is 0 Å². The van der Waals surface area contributed by atoms with Crippen LogP contribution < -0.4 is 10.0 Å². The van der Waals surface area contributed by atoms with Gasteiger partial charge in [-0.05, 0) is 31.9 Å². The SMILES string of the molecule is CCOC1CC(NS(=O)(=O)c2ncccc2NC)C1. The van der Waals surface area contributed by atoms with Crippen LogP contribution in [0.4, 0.5) is 5.69 Å². The van der Waals surface area contributed by atoms with Gasteiger partial charge in [0.1, 0.15) is 0 Å². The third-order valence-corrected chi connectivity index (χ3v) is 4.59. The summed E-state index contributed by atoms with van der Waals surface area (Å²) in [6.07, 6.45) is 3.08. The molecule has 0 atom stereocenters. The molecule has 1 aromatic rings. The molecule has 0 saturated heterocycles. The molecular formula is C12H19N3O3S. The van der Waals surface area contributed by atoms with Gasteiger partial charge in [-0.2, -0.15) is 0 Å². The average Bonchev–Trinajstić information content (AvgIpc) is 2.36. The number of rotatable bonds is 6. The Labute approximate surface area is 113 Å². The number of aromatic nitrogens is 1. The van der Waals surface area contributed by atoms with E-state index in [1.807, 2.05) is 6.92 Å². The van der Waals surface area contributed by atoms with Crippen molar-refractivity contribution in [1.82, 2.24) is 9.71 Å². The molecule has 0 bridgehead atoms. The fraction of sp³-hybridized carbons (Fsp3) is 0.583. The monoisotopic (exact) mass is 285 g/mol. The van der Waals surface area contributed by atoms with Crippen LogP contribution in [-0.4, -0.2) is 39.2 Å². The highest BCUT2D eigenvalue weighted by Crippen LogP contribution is 2.26. The number of ether oxygens (including phenoxy) is 1. The standard InChI is InChI=1S/C12H19N3O3S/c1-3-18-10-7-9(8-10)15-19(16,17)12-11(13-2)5-4-6-14-12/h4-6,9-10,13,15H,3,7-8H2,1-2H3. The van der Waals surface area contributed by atoms with Gasteiger partial charge in [0.05, 0.1) is 11.8 Å². The van der Waals surface area contributed by atoms with Crippen molar-refractivity contribution < 1.29 is 13.2 Å². The van der Waals surface area contributed by atoms with Crippen LogP contribution in [0, 0.1) is 0 Å². The van der Waals surface area contributed by atoms with Gasteiger partial charge in [-0.1, -0.05) is 0 Å². The number of nitrogens with one attached hydrogen (secondary N) is 2. The Morgan fingerprint density at radius 3 is 2.84 bits per heavy atom. The number of nitrogens with zero attached hydrogens (tertiary/aromatic N) is 1. The lowest BCUT2D eigenvalue weighted by atomic mass is 9.90. The molecule has 1 aromatic heterocycles. The summed E-state index contributed by atoms with van der Waals surface area (Å²) < 4.78 is 32.5. The summed E-state index contributed by atoms with van der Waals surface area (Å²) in [6, 6.07) is 3.32. The molecule has 19 heavy (non-hydrogen) atoms. The molecule has 1 fully saturated rings. The van der Waals surface area contributed by atoms with Gasteiger partial charge in [0.25, 0.3) is 10.0 Å². The first-order chi connectivity index (χ1) is 9.06. The molecule has 106 valence electrons. The molecule has 0 radical (unpaired) electrons. The maximum absolute atomic E-state index is 12.2. The molecule has 1 heterocycles. The van der Waals surface area contributed by atoms with Crippen molar-refractivity contribution in [3.8, 4) is 0 Å². The summed E-state index contributed by atoms with van der Waals surface area (Å²) in [5.74, 6) is 0. The van der Waals surface area contributed by atoms with Gasteiger partial charge >= 0.3 is 0 Å². The third-order valence-electron chi connectivity index (χ3n) is 3.11. The number of anilines is 1. The molecule has 2 N–H and O–H groups in total. The van der Waals surface area contributed by atoms with Crippen molar-refractivity contribution in [2.75, 3.05) is 19.0 Å². The molecule has 0 spiro atoms. The molecular weight excluding hydrogens is 266 g/mol. The minimum Gasteiger partial charge on any atom is -0.386 e. The zero-order valence-electron chi connectivity index (χ0n) is 11.1. The van der Waals surface area contributed by atoms with E-state index in [9.17, 15) is 8.42 Å². The van der Waals surface area contributed by atoms with Crippen LogP contribution in [0.2, 0.25) is 0 Å². The van der Waals surface area contributed by atoms with Gasteiger partial charge < -0.3 is 10.1 Å². The van der Waals surface area contributed by atoms with E-state index in [0.29, 0.717) is 12.3 Å². The third kappa shape index (κ3) is 3.23. The predicted molar refractivity (Wildman–Crippen MR) is 72.5 cm³/mol. The molecule has 0 amide bonds. The fourth-order valence-corrected chi connectivity index (χ4v) is 3.51. The Morgan fingerprint density at radius 2 is 2.21 bits per heavy atom. The Bertz CT molecular complexity index is 527. The first-order valence-electron chi connectivity index (χ1n) is 6.33. The summed E-state index contributed by atoms with van der Waals surface area (Å²) in [5.41, 5.74) is 0.496. The van der Waals surface area contributed by atoms with E-state index in [-0.39, 0.29) is 17.2 Å². The van der Waals surface area contributed by atoms with E-state index >= 15 is 0 Å². The zero-order chi connectivity index (χ0) is 13.9. The molecule has 0 aromatic carbocycles. The molecule has 7 heteroatoms. The Morgan fingerprint density at radius 1 is 1.47 bits per heavy atom. The Hall–Kier alpha value is -1.18. The summed E-state index contributed by atoms with van der Waals surface area (Å²) in [7, 11) is -1.91. The van der Waals surface area contributed by atoms with Gasteiger partial charge in [0.15, 0.2) is 5.03 Å². The van der Waals surface area contributed by atoms with E-state index in [0.717, 1.165) is 12.8 Å². The highest BCUT2D eigenvalue weighted by atomic mass is 32.2. The molecule has 1 aliphatic carbocycles. The van der Waals surface area contributed by atoms with Crippen molar-refractivity contribution in [3.63, 3.8) is 0 Å². The number of pyridine rings is 1. The Kier molecular flexibility index (Phi) is 4.38. The second-order valence-corrected chi connectivity index (χ2v) is 6.10. The smallest absolute Gasteiger partial charge is 0.260 e. The second kappa shape index (κ2) is 5.85. The highest BCUT2D eigenvalue weighted by Gasteiger charge is 2.34. The van der Waals surface area contributed by atoms with Crippen molar-refractivity contribution in [1.29, 1.82) is 0 Å². The average molecular weight is 285 g/mol. The van der Waals surface area contributed by atoms with Crippen LogP contribution in [0.15, 0.2) is 23.4 Å². The van der Waals surface area contributed by atoms with Crippen molar-refractivity contribution in [2.24, 2.45) is 0 Å². The molecule has 6 nitrogen and oxygen atoms in total. The number of hydrogen-bond donors (Lipinski definition) is 2. The van der Waals surface area contributed by atoms with E-state index in [2.05, 4.69) is 15.0 Å². The maximum atomic E-state index is 12.2. The lowest BCUT2D eigenvalue weighted by Gasteiger charge is -2.35. The summed E-state index contributed by atoms with van der Waals surface area (Å²) in [5, 5.41) is 2.87. The van der Waals surface area contributed by atoms with Crippen molar-refractivity contribution in [2.45, 2.75) is 36.9 Å². The number of hydrogen-bond acceptors (Lipinski definition) is 5.